The fourth-order valence-corrected chi connectivity index (χ4v) is 2.26. The first kappa shape index (κ1) is 7.08. The van der Waals surface area contributed by atoms with Crippen LogP contribution in [0.5, 0.6) is 0 Å². The van der Waals surface area contributed by atoms with Crippen LogP contribution in [0.1, 0.15) is 26.2 Å². The minimum absolute atomic E-state index is 0.607. The van der Waals surface area contributed by atoms with Crippen LogP contribution in [0.3, 0.4) is 0 Å². The summed E-state index contributed by atoms with van der Waals surface area (Å²) >= 11 is 0. The van der Waals surface area contributed by atoms with Crippen molar-refractivity contribution in [3.8, 4) is 0 Å². The molecule has 1 nitrogen and oxygen atoms in total. The first-order chi connectivity index (χ1) is 5.36. The Morgan fingerprint density at radius 3 is 3.09 bits per heavy atom. The lowest BCUT2D eigenvalue weighted by molar-refractivity contribution is 0.648. The highest BCUT2D eigenvalue weighted by molar-refractivity contribution is 5.29. The smallest absolute Gasteiger partial charge is 0.0561 e. The molecule has 0 aromatic rings. The molecule has 3 atom stereocenters. The van der Waals surface area contributed by atoms with E-state index in [0.717, 1.165) is 11.8 Å². The van der Waals surface area contributed by atoms with Crippen LogP contribution in [-0.4, -0.2) is 12.8 Å². The molecule has 2 rings (SSSR count). The summed E-state index contributed by atoms with van der Waals surface area (Å²) in [5.74, 6) is 1.73. The normalized spacial score (nSPS) is 40.8. The zero-order chi connectivity index (χ0) is 7.84. The Hall–Kier alpha value is -0.590. The average molecular weight is 149 g/mol. The zero-order valence-corrected chi connectivity index (χ0v) is 7.09. The fraction of sp³-hybridized carbons (Fsp3) is 0.700. The first-order valence-corrected chi connectivity index (χ1v) is 4.50. The maximum Gasteiger partial charge on any atom is 0.0561 e. The molecule has 0 aromatic carbocycles. The molecule has 0 amide bonds. The molecule has 1 heteroatoms. The molecule has 2 aliphatic carbocycles. The van der Waals surface area contributed by atoms with Gasteiger partial charge in [0.2, 0.25) is 0 Å². The molecule has 0 saturated heterocycles. The summed E-state index contributed by atoms with van der Waals surface area (Å²) in [5.41, 5.74) is 1.64. The molecule has 0 aliphatic heterocycles. The Morgan fingerprint density at radius 2 is 2.45 bits per heavy atom. The van der Waals surface area contributed by atoms with Crippen LogP contribution in [0.4, 0.5) is 0 Å². The van der Waals surface area contributed by atoms with Crippen molar-refractivity contribution in [3.05, 3.63) is 11.6 Å². The second-order valence-corrected chi connectivity index (χ2v) is 3.66. The van der Waals surface area contributed by atoms with E-state index in [9.17, 15) is 0 Å². The van der Waals surface area contributed by atoms with Gasteiger partial charge in [-0.1, -0.05) is 18.6 Å². The van der Waals surface area contributed by atoms with Crippen LogP contribution in [0.2, 0.25) is 0 Å². The molecule has 2 aliphatic rings. The van der Waals surface area contributed by atoms with E-state index >= 15 is 0 Å². The van der Waals surface area contributed by atoms with Gasteiger partial charge in [-0.05, 0) is 37.8 Å². The highest BCUT2D eigenvalue weighted by atomic mass is 14.9. The van der Waals surface area contributed by atoms with E-state index in [1.54, 1.807) is 5.57 Å². The molecule has 3 unspecified atom stereocenters. The third kappa shape index (κ3) is 1.03. The van der Waals surface area contributed by atoms with Crippen molar-refractivity contribution in [3.63, 3.8) is 0 Å². The minimum atomic E-state index is 0.607. The maximum absolute atomic E-state index is 4.13. The van der Waals surface area contributed by atoms with Gasteiger partial charge in [-0.15, -0.1) is 0 Å². The quantitative estimate of drug-likeness (QED) is 0.422. The standard InChI is InChI=1S/C10H15N/c1-3-7-4-5-8-9(6-7)10(8)11-2/h4,8-10H,2-3,5-6H2,1H3. The lowest BCUT2D eigenvalue weighted by Gasteiger charge is -2.07. The molecule has 1 fully saturated rings. The molecule has 1 saturated carbocycles. The van der Waals surface area contributed by atoms with Gasteiger partial charge in [-0.25, -0.2) is 0 Å². The maximum atomic E-state index is 4.13. The van der Waals surface area contributed by atoms with Crippen molar-refractivity contribution in [2.75, 3.05) is 0 Å². The lowest BCUT2D eigenvalue weighted by atomic mass is 9.98. The molecule has 60 valence electrons. The van der Waals surface area contributed by atoms with E-state index in [2.05, 4.69) is 24.7 Å². The van der Waals surface area contributed by atoms with E-state index < -0.39 is 0 Å². The highest BCUT2D eigenvalue weighted by Crippen LogP contribution is 2.51. The largest absolute Gasteiger partial charge is 0.297 e. The number of hydrogen-bond acceptors (Lipinski definition) is 1. The van der Waals surface area contributed by atoms with Crippen molar-refractivity contribution in [1.82, 2.24) is 0 Å². The predicted octanol–water partition coefficient (Wildman–Crippen LogP) is 2.43. The monoisotopic (exact) mass is 149 g/mol. The van der Waals surface area contributed by atoms with Crippen LogP contribution in [0, 0.1) is 11.8 Å². The SMILES string of the molecule is C=NC1C2CC=C(CC)CC21. The molecule has 11 heavy (non-hydrogen) atoms. The van der Waals surface area contributed by atoms with E-state index in [0.29, 0.717) is 6.04 Å². The number of fused-ring (bicyclic) bond motifs is 1. The fourth-order valence-electron chi connectivity index (χ4n) is 2.26. The zero-order valence-electron chi connectivity index (χ0n) is 7.09. The summed E-state index contributed by atoms with van der Waals surface area (Å²) in [7, 11) is 0. The van der Waals surface area contributed by atoms with Crippen LogP contribution < -0.4 is 0 Å². The summed E-state index contributed by atoms with van der Waals surface area (Å²) in [6.07, 6.45) is 6.20. The van der Waals surface area contributed by atoms with Gasteiger partial charge in [0.05, 0.1) is 6.04 Å². The van der Waals surface area contributed by atoms with Crippen molar-refractivity contribution in [2.24, 2.45) is 16.8 Å². The second-order valence-electron chi connectivity index (χ2n) is 3.66. The molecule has 0 spiro atoms. The van der Waals surface area contributed by atoms with Crippen molar-refractivity contribution in [2.45, 2.75) is 32.2 Å². The van der Waals surface area contributed by atoms with Gasteiger partial charge < -0.3 is 0 Å². The Labute approximate surface area is 68.2 Å². The molecule has 0 radical (unpaired) electrons. The second kappa shape index (κ2) is 2.47. The van der Waals surface area contributed by atoms with E-state index in [1.165, 1.54) is 19.3 Å². The van der Waals surface area contributed by atoms with Crippen LogP contribution in [-0.2, 0) is 0 Å². The summed E-state index contributed by atoms with van der Waals surface area (Å²) in [6.45, 7) is 5.87. The average Bonchev–Trinajstić information content (AvgIpc) is 2.76. The Balaban J connectivity index is 2.00. The van der Waals surface area contributed by atoms with Crippen LogP contribution in [0.25, 0.3) is 0 Å². The van der Waals surface area contributed by atoms with E-state index in [-0.39, 0.29) is 0 Å². The summed E-state index contributed by atoms with van der Waals surface area (Å²) in [5, 5.41) is 0. The summed E-state index contributed by atoms with van der Waals surface area (Å²) < 4.78 is 0. The third-order valence-corrected chi connectivity index (χ3v) is 3.13. The number of allylic oxidation sites excluding steroid dienone is 2. The number of nitrogens with zero attached hydrogens (tertiary/aromatic N) is 1. The Bertz CT molecular complexity index is 205. The number of aliphatic imine (C=N–C) groups is 1. The highest BCUT2D eigenvalue weighted by Gasteiger charge is 2.50. The van der Waals surface area contributed by atoms with Gasteiger partial charge in [0.1, 0.15) is 0 Å². The summed E-state index contributed by atoms with van der Waals surface area (Å²) in [4.78, 5) is 4.13. The van der Waals surface area contributed by atoms with Crippen LogP contribution in [0.15, 0.2) is 16.6 Å². The molecule has 0 heterocycles. The minimum Gasteiger partial charge on any atom is -0.297 e. The molecular formula is C10H15N. The van der Waals surface area contributed by atoms with Crippen LogP contribution >= 0.6 is 0 Å². The third-order valence-electron chi connectivity index (χ3n) is 3.13. The van der Waals surface area contributed by atoms with Gasteiger partial charge in [0, 0.05) is 0 Å². The molecular weight excluding hydrogens is 134 g/mol. The topological polar surface area (TPSA) is 12.4 Å². The first-order valence-electron chi connectivity index (χ1n) is 4.50. The predicted molar refractivity (Wildman–Crippen MR) is 47.9 cm³/mol. The van der Waals surface area contributed by atoms with E-state index in [4.69, 9.17) is 0 Å². The Kier molecular flexibility index (Phi) is 1.59. The molecule has 0 aromatic heterocycles. The van der Waals surface area contributed by atoms with Crippen molar-refractivity contribution in [1.29, 1.82) is 0 Å². The van der Waals surface area contributed by atoms with Gasteiger partial charge in [0.25, 0.3) is 0 Å². The van der Waals surface area contributed by atoms with Gasteiger partial charge in [-0.2, -0.15) is 0 Å². The lowest BCUT2D eigenvalue weighted by Crippen LogP contribution is -1.93. The van der Waals surface area contributed by atoms with Gasteiger partial charge in [0.15, 0.2) is 0 Å². The van der Waals surface area contributed by atoms with Gasteiger partial charge >= 0.3 is 0 Å². The van der Waals surface area contributed by atoms with Gasteiger partial charge in [-0.3, -0.25) is 4.99 Å². The number of hydrogen-bond donors (Lipinski definition) is 0. The summed E-state index contributed by atoms with van der Waals surface area (Å²) in [6, 6.07) is 0.607. The van der Waals surface area contributed by atoms with E-state index in [1.807, 2.05) is 0 Å². The molecule has 0 bridgehead atoms. The van der Waals surface area contributed by atoms with Crippen molar-refractivity contribution < 1.29 is 0 Å². The Morgan fingerprint density at radius 1 is 1.64 bits per heavy atom. The number of rotatable bonds is 2. The molecule has 0 N–H and O–H groups in total. The van der Waals surface area contributed by atoms with Crippen molar-refractivity contribution >= 4 is 6.72 Å².